The molecule has 2 aromatic rings. The number of amides is 2. The highest BCUT2D eigenvalue weighted by atomic mass is 32.1. The van der Waals surface area contributed by atoms with E-state index in [0.29, 0.717) is 11.4 Å². The first-order valence-corrected chi connectivity index (χ1v) is 7.71. The molecule has 1 aromatic carbocycles. The van der Waals surface area contributed by atoms with E-state index in [0.717, 1.165) is 4.88 Å². The van der Waals surface area contributed by atoms with Gasteiger partial charge in [-0.25, -0.2) is 0 Å². The lowest BCUT2D eigenvalue weighted by Gasteiger charge is -2.17. The molecule has 0 aliphatic rings. The summed E-state index contributed by atoms with van der Waals surface area (Å²) >= 11 is 1.51. The molecule has 2 rings (SSSR count). The molecule has 0 radical (unpaired) electrons. The van der Waals surface area contributed by atoms with Crippen molar-refractivity contribution < 1.29 is 14.3 Å². The van der Waals surface area contributed by atoms with E-state index in [4.69, 9.17) is 4.74 Å². The number of rotatable bonds is 6. The molecule has 0 aliphatic carbocycles. The summed E-state index contributed by atoms with van der Waals surface area (Å²) in [5.41, 5.74) is 0.614. The Bertz CT molecular complexity index is 641. The van der Waals surface area contributed by atoms with Crippen molar-refractivity contribution in [3.63, 3.8) is 0 Å². The number of nitrogens with one attached hydrogen (secondary N) is 2. The van der Waals surface area contributed by atoms with Gasteiger partial charge >= 0.3 is 0 Å². The largest absolute Gasteiger partial charge is 0.495 e. The lowest BCUT2D eigenvalue weighted by Crippen LogP contribution is -2.29. The van der Waals surface area contributed by atoms with Gasteiger partial charge in [0.05, 0.1) is 25.3 Å². The van der Waals surface area contributed by atoms with Crippen LogP contribution in [0.5, 0.6) is 5.75 Å². The van der Waals surface area contributed by atoms with Crippen LogP contribution in [0.1, 0.15) is 24.3 Å². The molecule has 0 saturated heterocycles. The van der Waals surface area contributed by atoms with Crippen LogP contribution < -0.4 is 15.4 Å². The average molecular weight is 318 g/mol. The number of methoxy groups -OCH3 is 1. The highest BCUT2D eigenvalue weighted by molar-refractivity contribution is 7.10. The second-order valence-corrected chi connectivity index (χ2v) is 5.70. The van der Waals surface area contributed by atoms with E-state index in [9.17, 15) is 9.59 Å². The summed E-state index contributed by atoms with van der Waals surface area (Å²) < 4.78 is 5.21. The Hall–Kier alpha value is -2.34. The number of carbonyl (C=O) groups is 2. The van der Waals surface area contributed by atoms with Gasteiger partial charge in [0.2, 0.25) is 11.8 Å². The Labute approximate surface area is 133 Å². The zero-order chi connectivity index (χ0) is 15.9. The molecular weight excluding hydrogens is 300 g/mol. The zero-order valence-electron chi connectivity index (χ0n) is 12.5. The first-order chi connectivity index (χ1) is 10.6. The second-order valence-electron chi connectivity index (χ2n) is 4.72. The van der Waals surface area contributed by atoms with Gasteiger partial charge in [-0.2, -0.15) is 0 Å². The van der Waals surface area contributed by atoms with Crippen molar-refractivity contribution >= 4 is 28.8 Å². The maximum absolute atomic E-state index is 12.3. The predicted octanol–water partition coefficient (Wildman–Crippen LogP) is 2.96. The van der Waals surface area contributed by atoms with Crippen LogP contribution in [0.3, 0.4) is 0 Å². The summed E-state index contributed by atoms with van der Waals surface area (Å²) in [7, 11) is 1.55. The van der Waals surface area contributed by atoms with Crippen molar-refractivity contribution in [1.82, 2.24) is 5.32 Å². The highest BCUT2D eigenvalue weighted by Crippen LogP contribution is 2.26. The van der Waals surface area contributed by atoms with Gasteiger partial charge < -0.3 is 15.4 Å². The summed E-state index contributed by atoms with van der Waals surface area (Å²) in [6, 6.07) is 10.7. The van der Waals surface area contributed by atoms with Crippen molar-refractivity contribution in [2.24, 2.45) is 0 Å². The first kappa shape index (κ1) is 16.0. The minimum atomic E-state index is -0.327. The molecule has 5 nitrogen and oxygen atoms in total. The molecule has 1 atom stereocenters. The standard InChI is InChI=1S/C16H18N2O3S/c1-11(19)17-13(15-8-5-9-22-15)10-16(20)18-12-6-3-4-7-14(12)21-2/h3-9,13H,10H2,1-2H3,(H,17,19)(H,18,20)/t13-/m1/s1. The Morgan fingerprint density at radius 1 is 1.23 bits per heavy atom. The van der Waals surface area contributed by atoms with Gasteiger partial charge in [0.15, 0.2) is 0 Å². The first-order valence-electron chi connectivity index (χ1n) is 6.83. The molecule has 0 unspecified atom stereocenters. The lowest BCUT2D eigenvalue weighted by molar-refractivity contribution is -0.120. The zero-order valence-corrected chi connectivity index (χ0v) is 13.3. The Balaban J connectivity index is 2.06. The van der Waals surface area contributed by atoms with E-state index in [-0.39, 0.29) is 24.3 Å². The molecule has 2 N–H and O–H groups in total. The number of anilines is 1. The van der Waals surface area contributed by atoms with Crippen LogP contribution >= 0.6 is 11.3 Å². The van der Waals surface area contributed by atoms with Crippen LogP contribution in [-0.2, 0) is 9.59 Å². The molecule has 0 spiro atoms. The van der Waals surface area contributed by atoms with Gasteiger partial charge in [-0.1, -0.05) is 18.2 Å². The molecule has 1 aromatic heterocycles. The minimum absolute atomic E-state index is 0.163. The molecule has 2 amide bonds. The van der Waals surface area contributed by atoms with Crippen molar-refractivity contribution in [3.05, 3.63) is 46.7 Å². The lowest BCUT2D eigenvalue weighted by atomic mass is 10.1. The fraction of sp³-hybridized carbons (Fsp3) is 0.250. The molecule has 0 bridgehead atoms. The maximum Gasteiger partial charge on any atom is 0.226 e. The van der Waals surface area contributed by atoms with Crippen molar-refractivity contribution in [3.8, 4) is 5.75 Å². The Morgan fingerprint density at radius 2 is 2.00 bits per heavy atom. The molecule has 1 heterocycles. The molecule has 6 heteroatoms. The summed E-state index contributed by atoms with van der Waals surface area (Å²) in [6.07, 6.45) is 0.165. The van der Waals surface area contributed by atoms with E-state index in [1.54, 1.807) is 19.2 Å². The summed E-state index contributed by atoms with van der Waals surface area (Å²) in [5, 5.41) is 7.54. The highest BCUT2D eigenvalue weighted by Gasteiger charge is 2.18. The summed E-state index contributed by atoms with van der Waals surface area (Å²) in [4.78, 5) is 24.5. The van der Waals surface area contributed by atoms with E-state index >= 15 is 0 Å². The van der Waals surface area contributed by atoms with Gasteiger partial charge in [0.25, 0.3) is 0 Å². The fourth-order valence-electron chi connectivity index (χ4n) is 2.09. The minimum Gasteiger partial charge on any atom is -0.495 e. The van der Waals surface area contributed by atoms with Gasteiger partial charge in [0, 0.05) is 11.8 Å². The SMILES string of the molecule is COc1ccccc1NC(=O)C[C@@H](NC(C)=O)c1cccs1. The quantitative estimate of drug-likeness (QED) is 0.860. The van der Waals surface area contributed by atoms with E-state index in [1.807, 2.05) is 29.6 Å². The average Bonchev–Trinajstić information content (AvgIpc) is 3.01. The Kier molecular flexibility index (Phi) is 5.55. The smallest absolute Gasteiger partial charge is 0.226 e. The number of benzene rings is 1. The number of hydrogen-bond acceptors (Lipinski definition) is 4. The number of ether oxygens (including phenoxy) is 1. The molecule has 22 heavy (non-hydrogen) atoms. The normalized spacial score (nSPS) is 11.5. The molecular formula is C16H18N2O3S. The third-order valence-corrected chi connectivity index (χ3v) is 4.02. The third-order valence-electron chi connectivity index (χ3n) is 3.03. The predicted molar refractivity (Wildman–Crippen MR) is 87.1 cm³/mol. The van der Waals surface area contributed by atoms with Gasteiger partial charge in [-0.05, 0) is 23.6 Å². The molecule has 0 aliphatic heterocycles. The monoisotopic (exact) mass is 318 g/mol. The second kappa shape index (κ2) is 7.61. The maximum atomic E-state index is 12.3. The number of thiophene rings is 1. The number of para-hydroxylation sites is 2. The number of carbonyl (C=O) groups excluding carboxylic acids is 2. The van der Waals surface area contributed by atoms with Gasteiger partial charge in [0.1, 0.15) is 5.75 Å². The topological polar surface area (TPSA) is 67.4 Å². The Morgan fingerprint density at radius 3 is 2.64 bits per heavy atom. The van der Waals surface area contributed by atoms with Gasteiger partial charge in [-0.15, -0.1) is 11.3 Å². The van der Waals surface area contributed by atoms with Crippen LogP contribution in [0.2, 0.25) is 0 Å². The van der Waals surface area contributed by atoms with Crippen LogP contribution in [0.15, 0.2) is 41.8 Å². The number of hydrogen-bond donors (Lipinski definition) is 2. The van der Waals surface area contributed by atoms with Crippen LogP contribution in [-0.4, -0.2) is 18.9 Å². The van der Waals surface area contributed by atoms with Crippen LogP contribution in [0.4, 0.5) is 5.69 Å². The van der Waals surface area contributed by atoms with Crippen molar-refractivity contribution in [2.75, 3.05) is 12.4 Å². The summed E-state index contributed by atoms with van der Waals surface area (Å²) in [5.74, 6) is 0.253. The third kappa shape index (κ3) is 4.33. The van der Waals surface area contributed by atoms with Crippen molar-refractivity contribution in [1.29, 1.82) is 0 Å². The van der Waals surface area contributed by atoms with E-state index in [1.165, 1.54) is 18.3 Å². The molecule has 0 saturated carbocycles. The summed E-state index contributed by atoms with van der Waals surface area (Å²) in [6.45, 7) is 1.44. The molecule has 116 valence electrons. The van der Waals surface area contributed by atoms with Crippen LogP contribution in [0, 0.1) is 0 Å². The van der Waals surface area contributed by atoms with Crippen LogP contribution in [0.25, 0.3) is 0 Å². The van der Waals surface area contributed by atoms with Gasteiger partial charge in [-0.3, -0.25) is 9.59 Å². The van der Waals surface area contributed by atoms with E-state index < -0.39 is 0 Å². The fourth-order valence-corrected chi connectivity index (χ4v) is 2.87. The van der Waals surface area contributed by atoms with E-state index in [2.05, 4.69) is 10.6 Å². The van der Waals surface area contributed by atoms with Crippen molar-refractivity contribution in [2.45, 2.75) is 19.4 Å². The molecule has 0 fully saturated rings.